The first-order valence-electron chi connectivity index (χ1n) is 12.3. The summed E-state index contributed by atoms with van der Waals surface area (Å²) in [5.41, 5.74) is 6.75. The van der Waals surface area contributed by atoms with Crippen LogP contribution in [-0.2, 0) is 25.5 Å². The minimum atomic E-state index is -1.08. The second kappa shape index (κ2) is 13.8. The molecule has 11 heteroatoms. The van der Waals surface area contributed by atoms with Gasteiger partial charge in [-0.3, -0.25) is 14.4 Å². The van der Waals surface area contributed by atoms with Crippen LogP contribution < -0.4 is 21.1 Å². The number of methoxy groups -OCH3 is 1. The van der Waals surface area contributed by atoms with Crippen LogP contribution >= 0.6 is 0 Å². The molecule has 2 atom stereocenters. The lowest BCUT2D eigenvalue weighted by Crippen LogP contribution is -2.50. The van der Waals surface area contributed by atoms with Crippen LogP contribution in [0.2, 0.25) is 0 Å². The highest BCUT2D eigenvalue weighted by molar-refractivity contribution is 6.01. The fourth-order valence-corrected chi connectivity index (χ4v) is 3.91. The number of rotatable bonds is 13. The van der Waals surface area contributed by atoms with Crippen molar-refractivity contribution in [3.05, 3.63) is 77.8 Å². The van der Waals surface area contributed by atoms with E-state index in [1.165, 1.54) is 37.5 Å². The van der Waals surface area contributed by atoms with Crippen molar-refractivity contribution >= 4 is 34.6 Å². The zero-order valence-corrected chi connectivity index (χ0v) is 21.7. The number of H-pyrrole nitrogens is 1. The number of benzene rings is 2. The molecule has 206 valence electrons. The minimum absolute atomic E-state index is 0.0472. The van der Waals surface area contributed by atoms with Crippen LogP contribution in [0, 0.1) is 5.82 Å². The minimum Gasteiger partial charge on any atom is -0.496 e. The maximum absolute atomic E-state index is 13.5. The Morgan fingerprint density at radius 2 is 1.85 bits per heavy atom. The number of amides is 3. The van der Waals surface area contributed by atoms with Gasteiger partial charge in [-0.25, -0.2) is 9.18 Å². The quantitative estimate of drug-likeness (QED) is 0.194. The fraction of sp³-hybridized carbons (Fsp3) is 0.286. The van der Waals surface area contributed by atoms with Crippen LogP contribution in [0.15, 0.2) is 60.7 Å². The van der Waals surface area contributed by atoms with E-state index in [4.69, 9.17) is 15.2 Å². The summed E-state index contributed by atoms with van der Waals surface area (Å²) in [6, 6.07) is 10.7. The lowest BCUT2D eigenvalue weighted by molar-refractivity contribution is -0.137. The number of primary amides is 1. The van der Waals surface area contributed by atoms with Crippen LogP contribution in [0.5, 0.6) is 5.75 Å². The van der Waals surface area contributed by atoms with Gasteiger partial charge < -0.3 is 30.8 Å². The van der Waals surface area contributed by atoms with Gasteiger partial charge in [-0.05, 0) is 49.2 Å². The van der Waals surface area contributed by atoms with Gasteiger partial charge in [0.2, 0.25) is 11.8 Å². The van der Waals surface area contributed by atoms with Crippen LogP contribution in [0.1, 0.15) is 35.8 Å². The largest absolute Gasteiger partial charge is 0.496 e. The van der Waals surface area contributed by atoms with Crippen molar-refractivity contribution in [1.29, 1.82) is 0 Å². The Bertz CT molecular complexity index is 1350. The number of ether oxygens (including phenoxy) is 2. The molecule has 0 saturated heterocycles. The summed E-state index contributed by atoms with van der Waals surface area (Å²) < 4.78 is 23.7. The van der Waals surface area contributed by atoms with E-state index in [2.05, 4.69) is 15.6 Å². The first-order chi connectivity index (χ1) is 18.7. The van der Waals surface area contributed by atoms with Gasteiger partial charge in [0.25, 0.3) is 5.91 Å². The standard InChI is InChI=1S/C28H31FN4O6/c1-3-39-26(35)14-12-19(11-13-25(30)34)31-27(36)22(15-17-7-9-18(29)10-8-17)33-28(37)23-16-20-21(32-23)5-4-6-24(20)38-2/h4-10,12,14,16,19,22,32H,3,11,13,15H2,1-2H3,(H2,30,34)(H,31,36)(H,33,37)/b14-12+/t19-,22-/m0/s1. The van der Waals surface area contributed by atoms with Crippen molar-refractivity contribution in [2.24, 2.45) is 5.73 Å². The number of carbonyl (C=O) groups is 4. The predicted octanol–water partition coefficient (Wildman–Crippen LogP) is 2.53. The number of hydrogen-bond donors (Lipinski definition) is 4. The van der Waals surface area contributed by atoms with E-state index in [0.29, 0.717) is 22.2 Å². The normalized spacial score (nSPS) is 12.6. The van der Waals surface area contributed by atoms with E-state index < -0.39 is 41.6 Å². The zero-order valence-electron chi connectivity index (χ0n) is 21.7. The summed E-state index contributed by atoms with van der Waals surface area (Å²) in [5, 5.41) is 6.16. The Kier molecular flexibility index (Phi) is 10.2. The number of nitrogens with one attached hydrogen (secondary N) is 3. The molecular formula is C28H31FN4O6. The number of aromatic amines is 1. The van der Waals surface area contributed by atoms with E-state index in [-0.39, 0.29) is 31.6 Å². The van der Waals surface area contributed by atoms with Gasteiger partial charge in [0.15, 0.2) is 0 Å². The highest BCUT2D eigenvalue weighted by atomic mass is 19.1. The SMILES string of the molecule is CCOC(=O)/C=C/[C@H](CCC(N)=O)NC(=O)[C@H](Cc1ccc(F)cc1)NC(=O)c1cc2c(OC)cccc2[nH]1. The first kappa shape index (κ1) is 28.9. The smallest absolute Gasteiger partial charge is 0.330 e. The van der Waals surface area contributed by atoms with Crippen molar-refractivity contribution in [2.45, 2.75) is 38.3 Å². The summed E-state index contributed by atoms with van der Waals surface area (Å²) in [7, 11) is 1.52. The third-order valence-electron chi connectivity index (χ3n) is 5.84. The second-order valence-electron chi connectivity index (χ2n) is 8.69. The van der Waals surface area contributed by atoms with E-state index in [9.17, 15) is 23.6 Å². The Balaban J connectivity index is 1.84. The zero-order chi connectivity index (χ0) is 28.4. The molecule has 0 aliphatic carbocycles. The van der Waals surface area contributed by atoms with Crippen molar-refractivity contribution in [2.75, 3.05) is 13.7 Å². The molecule has 0 aliphatic rings. The summed E-state index contributed by atoms with van der Waals surface area (Å²) >= 11 is 0. The molecule has 0 aliphatic heterocycles. The molecule has 3 rings (SSSR count). The van der Waals surface area contributed by atoms with Gasteiger partial charge in [-0.1, -0.05) is 24.3 Å². The third kappa shape index (κ3) is 8.42. The second-order valence-corrected chi connectivity index (χ2v) is 8.69. The highest BCUT2D eigenvalue weighted by Gasteiger charge is 2.25. The monoisotopic (exact) mass is 538 g/mol. The molecule has 0 radical (unpaired) electrons. The molecule has 0 fully saturated rings. The molecule has 2 aromatic carbocycles. The number of carbonyl (C=O) groups excluding carboxylic acids is 4. The molecule has 0 spiro atoms. The van der Waals surface area contributed by atoms with Gasteiger partial charge >= 0.3 is 5.97 Å². The van der Waals surface area contributed by atoms with Gasteiger partial charge in [0.1, 0.15) is 23.3 Å². The fourth-order valence-electron chi connectivity index (χ4n) is 3.91. The number of hydrogen-bond acceptors (Lipinski definition) is 6. The summed E-state index contributed by atoms with van der Waals surface area (Å²) in [4.78, 5) is 52.7. The number of esters is 1. The summed E-state index contributed by atoms with van der Waals surface area (Å²) in [6.07, 6.45) is 2.67. The average Bonchev–Trinajstić information content (AvgIpc) is 3.36. The number of halogens is 1. The van der Waals surface area contributed by atoms with Gasteiger partial charge in [-0.15, -0.1) is 0 Å². The van der Waals surface area contributed by atoms with E-state index in [1.807, 2.05) is 0 Å². The molecule has 39 heavy (non-hydrogen) atoms. The molecule has 1 heterocycles. The van der Waals surface area contributed by atoms with E-state index in [0.717, 1.165) is 6.08 Å². The maximum Gasteiger partial charge on any atom is 0.330 e. The molecule has 5 N–H and O–H groups in total. The molecule has 0 bridgehead atoms. The Morgan fingerprint density at radius 1 is 1.10 bits per heavy atom. The molecule has 0 unspecified atom stereocenters. The molecule has 3 aromatic rings. The number of fused-ring (bicyclic) bond motifs is 1. The van der Waals surface area contributed by atoms with Crippen molar-refractivity contribution in [1.82, 2.24) is 15.6 Å². The van der Waals surface area contributed by atoms with Crippen molar-refractivity contribution < 1.29 is 33.0 Å². The van der Waals surface area contributed by atoms with Gasteiger partial charge in [0.05, 0.1) is 13.7 Å². The van der Waals surface area contributed by atoms with Crippen LogP contribution in [-0.4, -0.2) is 54.5 Å². The van der Waals surface area contributed by atoms with E-state index in [1.54, 1.807) is 31.2 Å². The van der Waals surface area contributed by atoms with Crippen molar-refractivity contribution in [3.63, 3.8) is 0 Å². The van der Waals surface area contributed by atoms with Crippen LogP contribution in [0.3, 0.4) is 0 Å². The molecule has 3 amide bonds. The van der Waals surface area contributed by atoms with Gasteiger partial charge in [0, 0.05) is 35.9 Å². The Labute approximate surface area is 224 Å². The molecule has 1 aromatic heterocycles. The van der Waals surface area contributed by atoms with Crippen molar-refractivity contribution in [3.8, 4) is 5.75 Å². The van der Waals surface area contributed by atoms with E-state index >= 15 is 0 Å². The Morgan fingerprint density at radius 3 is 2.51 bits per heavy atom. The lowest BCUT2D eigenvalue weighted by Gasteiger charge is -2.22. The highest BCUT2D eigenvalue weighted by Crippen LogP contribution is 2.26. The average molecular weight is 539 g/mol. The van der Waals surface area contributed by atoms with Crippen LogP contribution in [0.25, 0.3) is 10.9 Å². The third-order valence-corrected chi connectivity index (χ3v) is 5.84. The van der Waals surface area contributed by atoms with Crippen LogP contribution in [0.4, 0.5) is 4.39 Å². The number of nitrogens with two attached hydrogens (primary N) is 1. The molecule has 10 nitrogen and oxygen atoms in total. The Hall–Kier alpha value is -4.67. The topological polar surface area (TPSA) is 153 Å². The molecule has 0 saturated carbocycles. The van der Waals surface area contributed by atoms with Gasteiger partial charge in [-0.2, -0.15) is 0 Å². The molecular weight excluding hydrogens is 507 g/mol. The number of aromatic nitrogens is 1. The predicted molar refractivity (Wildman–Crippen MR) is 142 cm³/mol. The summed E-state index contributed by atoms with van der Waals surface area (Å²) in [6.45, 7) is 1.83. The lowest BCUT2D eigenvalue weighted by atomic mass is 10.0. The first-order valence-corrected chi connectivity index (χ1v) is 12.3. The summed E-state index contributed by atoms with van der Waals surface area (Å²) in [5.74, 6) is -2.18. The maximum atomic E-state index is 13.5.